The fourth-order valence-corrected chi connectivity index (χ4v) is 3.23. The molecule has 2 aromatic carbocycles. The molecule has 3 aromatic rings. The zero-order chi connectivity index (χ0) is 19.1. The molecule has 1 aromatic heterocycles. The van der Waals surface area contributed by atoms with Crippen LogP contribution in [0.5, 0.6) is 0 Å². The molecule has 0 bridgehead atoms. The summed E-state index contributed by atoms with van der Waals surface area (Å²) in [4.78, 5) is 27.4. The second-order valence-corrected chi connectivity index (χ2v) is 7.04. The van der Waals surface area contributed by atoms with Crippen molar-refractivity contribution in [1.82, 2.24) is 4.90 Å². The van der Waals surface area contributed by atoms with E-state index in [1.807, 2.05) is 47.8 Å². The third kappa shape index (κ3) is 5.39. The number of anilines is 1. The molecule has 0 saturated heterocycles. The highest BCUT2D eigenvalue weighted by Crippen LogP contribution is 2.15. The number of hydrogen-bond donors (Lipinski definition) is 1. The fourth-order valence-electron chi connectivity index (χ4n) is 2.61. The summed E-state index contributed by atoms with van der Waals surface area (Å²) in [6, 6.07) is 20.7. The zero-order valence-electron chi connectivity index (χ0n) is 15.0. The maximum Gasteiger partial charge on any atom is 0.253 e. The van der Waals surface area contributed by atoms with Crippen molar-refractivity contribution in [2.24, 2.45) is 0 Å². The number of benzene rings is 2. The van der Waals surface area contributed by atoms with E-state index in [1.54, 1.807) is 53.6 Å². The number of carbonyl (C=O) groups is 2. The third-order valence-corrected chi connectivity index (χ3v) is 4.77. The van der Waals surface area contributed by atoms with Crippen LogP contribution in [0.2, 0.25) is 0 Å². The van der Waals surface area contributed by atoms with Gasteiger partial charge in [-0.25, -0.2) is 0 Å². The van der Waals surface area contributed by atoms with E-state index in [0.29, 0.717) is 17.8 Å². The van der Waals surface area contributed by atoms with Crippen LogP contribution in [-0.4, -0.2) is 23.8 Å². The molecule has 0 atom stereocenters. The van der Waals surface area contributed by atoms with E-state index < -0.39 is 0 Å². The minimum Gasteiger partial charge on any atom is -0.337 e. The smallest absolute Gasteiger partial charge is 0.253 e. The number of thiophene rings is 1. The van der Waals surface area contributed by atoms with Gasteiger partial charge in [0.25, 0.3) is 5.91 Å². The van der Waals surface area contributed by atoms with Gasteiger partial charge in [0, 0.05) is 35.8 Å². The predicted octanol–water partition coefficient (Wildman–Crippen LogP) is 4.67. The Bertz CT molecular complexity index is 934. The van der Waals surface area contributed by atoms with Crippen molar-refractivity contribution in [1.29, 1.82) is 0 Å². The standard InChI is InChI=1S/C22H20N2O2S/c1-24(16-17-7-3-2-4-8-17)22(26)18-9-5-10-19(15-18)23-21(25)13-12-20-11-6-14-27-20/h2-15H,16H2,1H3,(H,23,25)/b13-12+. The Labute approximate surface area is 162 Å². The summed E-state index contributed by atoms with van der Waals surface area (Å²) in [5.41, 5.74) is 2.19. The van der Waals surface area contributed by atoms with Crippen LogP contribution in [-0.2, 0) is 11.3 Å². The second kappa shape index (κ2) is 8.96. The number of nitrogens with one attached hydrogen (secondary N) is 1. The topological polar surface area (TPSA) is 49.4 Å². The normalized spacial score (nSPS) is 10.7. The number of amides is 2. The summed E-state index contributed by atoms with van der Waals surface area (Å²) >= 11 is 1.56. The Hall–Kier alpha value is -3.18. The van der Waals surface area contributed by atoms with Crippen molar-refractivity contribution in [3.05, 3.63) is 94.2 Å². The number of nitrogens with zero attached hydrogens (tertiary/aromatic N) is 1. The first-order valence-electron chi connectivity index (χ1n) is 8.54. The van der Waals surface area contributed by atoms with E-state index in [2.05, 4.69) is 5.32 Å². The minimum atomic E-state index is -0.231. The molecule has 27 heavy (non-hydrogen) atoms. The van der Waals surface area contributed by atoms with Gasteiger partial charge in [-0.3, -0.25) is 9.59 Å². The quantitative estimate of drug-likeness (QED) is 0.636. The van der Waals surface area contributed by atoms with Gasteiger partial charge in [0.1, 0.15) is 0 Å². The highest BCUT2D eigenvalue weighted by Gasteiger charge is 2.12. The summed E-state index contributed by atoms with van der Waals surface area (Å²) < 4.78 is 0. The van der Waals surface area contributed by atoms with Crippen molar-refractivity contribution in [3.63, 3.8) is 0 Å². The average molecular weight is 376 g/mol. The Morgan fingerprint density at radius 2 is 1.85 bits per heavy atom. The molecule has 0 radical (unpaired) electrons. The van der Waals surface area contributed by atoms with Gasteiger partial charge in [-0.15, -0.1) is 11.3 Å². The van der Waals surface area contributed by atoms with Gasteiger partial charge in [0.05, 0.1) is 0 Å². The summed E-state index contributed by atoms with van der Waals surface area (Å²) in [5, 5.41) is 4.75. The molecular formula is C22H20N2O2S. The molecule has 0 spiro atoms. The van der Waals surface area contributed by atoms with Gasteiger partial charge < -0.3 is 10.2 Å². The van der Waals surface area contributed by atoms with Crippen LogP contribution in [0.25, 0.3) is 6.08 Å². The van der Waals surface area contributed by atoms with Crippen molar-refractivity contribution in [2.45, 2.75) is 6.54 Å². The van der Waals surface area contributed by atoms with Crippen LogP contribution < -0.4 is 5.32 Å². The van der Waals surface area contributed by atoms with E-state index in [0.717, 1.165) is 10.4 Å². The largest absolute Gasteiger partial charge is 0.337 e. The molecule has 2 amide bonds. The van der Waals surface area contributed by atoms with E-state index in [1.165, 1.54) is 6.08 Å². The van der Waals surface area contributed by atoms with Crippen LogP contribution in [0.1, 0.15) is 20.8 Å². The molecule has 5 heteroatoms. The summed E-state index contributed by atoms with van der Waals surface area (Å²) in [6.07, 6.45) is 3.25. The molecule has 0 fully saturated rings. The lowest BCUT2D eigenvalue weighted by Gasteiger charge is -2.17. The van der Waals surface area contributed by atoms with Crippen LogP contribution in [0.15, 0.2) is 78.2 Å². The Balaban J connectivity index is 1.64. The van der Waals surface area contributed by atoms with Crippen LogP contribution in [0.4, 0.5) is 5.69 Å². The van der Waals surface area contributed by atoms with Gasteiger partial charge in [0.15, 0.2) is 0 Å². The van der Waals surface area contributed by atoms with Crippen LogP contribution >= 0.6 is 11.3 Å². The van der Waals surface area contributed by atoms with Crippen LogP contribution in [0.3, 0.4) is 0 Å². The lowest BCUT2D eigenvalue weighted by atomic mass is 10.1. The summed E-state index contributed by atoms with van der Waals surface area (Å²) in [6.45, 7) is 0.528. The summed E-state index contributed by atoms with van der Waals surface area (Å²) in [7, 11) is 1.77. The highest BCUT2D eigenvalue weighted by atomic mass is 32.1. The van der Waals surface area contributed by atoms with E-state index in [4.69, 9.17) is 0 Å². The minimum absolute atomic E-state index is 0.0934. The first-order valence-corrected chi connectivity index (χ1v) is 9.42. The molecule has 3 rings (SSSR count). The van der Waals surface area contributed by atoms with Gasteiger partial charge in [-0.1, -0.05) is 42.5 Å². The van der Waals surface area contributed by atoms with E-state index in [9.17, 15) is 9.59 Å². The number of hydrogen-bond acceptors (Lipinski definition) is 3. The molecule has 0 saturated carbocycles. The molecule has 1 heterocycles. The Kier molecular flexibility index (Phi) is 6.18. The molecule has 136 valence electrons. The van der Waals surface area contributed by atoms with Crippen molar-refractivity contribution < 1.29 is 9.59 Å². The van der Waals surface area contributed by atoms with Crippen molar-refractivity contribution >= 4 is 34.9 Å². The number of rotatable bonds is 6. The second-order valence-electron chi connectivity index (χ2n) is 6.07. The molecular weight excluding hydrogens is 356 g/mol. The Morgan fingerprint density at radius 3 is 2.59 bits per heavy atom. The lowest BCUT2D eigenvalue weighted by molar-refractivity contribution is -0.111. The maximum absolute atomic E-state index is 12.7. The fraction of sp³-hybridized carbons (Fsp3) is 0.0909. The first kappa shape index (κ1) is 18.6. The lowest BCUT2D eigenvalue weighted by Crippen LogP contribution is -2.26. The monoisotopic (exact) mass is 376 g/mol. The average Bonchev–Trinajstić information content (AvgIpc) is 3.20. The van der Waals surface area contributed by atoms with Crippen molar-refractivity contribution in [2.75, 3.05) is 12.4 Å². The van der Waals surface area contributed by atoms with Crippen LogP contribution in [0, 0.1) is 0 Å². The Morgan fingerprint density at radius 1 is 1.04 bits per heavy atom. The molecule has 4 nitrogen and oxygen atoms in total. The van der Waals surface area contributed by atoms with E-state index in [-0.39, 0.29) is 11.8 Å². The molecule has 0 unspecified atom stereocenters. The summed E-state index contributed by atoms with van der Waals surface area (Å²) in [5.74, 6) is -0.324. The third-order valence-electron chi connectivity index (χ3n) is 3.93. The van der Waals surface area contributed by atoms with Gasteiger partial charge in [-0.2, -0.15) is 0 Å². The molecule has 0 aliphatic carbocycles. The first-order chi connectivity index (χ1) is 13.1. The molecule has 0 aliphatic rings. The maximum atomic E-state index is 12.7. The SMILES string of the molecule is CN(Cc1ccccc1)C(=O)c1cccc(NC(=O)/C=C/c2cccs2)c1. The highest BCUT2D eigenvalue weighted by molar-refractivity contribution is 7.10. The van der Waals surface area contributed by atoms with Gasteiger partial charge in [-0.05, 0) is 41.3 Å². The van der Waals surface area contributed by atoms with Gasteiger partial charge >= 0.3 is 0 Å². The predicted molar refractivity (Wildman–Crippen MR) is 111 cm³/mol. The van der Waals surface area contributed by atoms with Gasteiger partial charge in [0.2, 0.25) is 5.91 Å². The van der Waals surface area contributed by atoms with Crippen molar-refractivity contribution in [3.8, 4) is 0 Å². The zero-order valence-corrected chi connectivity index (χ0v) is 15.8. The molecule has 0 aliphatic heterocycles. The molecule has 1 N–H and O–H groups in total. The van der Waals surface area contributed by atoms with E-state index >= 15 is 0 Å². The number of carbonyl (C=O) groups excluding carboxylic acids is 2.